The molecule has 0 bridgehead atoms. The van der Waals surface area contributed by atoms with Crippen molar-refractivity contribution in [1.29, 1.82) is 0 Å². The molecule has 8 heteroatoms. The number of fused-ring (bicyclic) bond motifs is 2. The lowest BCUT2D eigenvalue weighted by Crippen LogP contribution is -2.10. The Morgan fingerprint density at radius 3 is 2.65 bits per heavy atom. The zero-order chi connectivity index (χ0) is 21.5. The topological polar surface area (TPSA) is 113 Å². The van der Waals surface area contributed by atoms with Gasteiger partial charge in [-0.3, -0.25) is 14.9 Å². The molecule has 5 rings (SSSR count). The van der Waals surface area contributed by atoms with Crippen LogP contribution in [0.2, 0.25) is 0 Å². The summed E-state index contributed by atoms with van der Waals surface area (Å²) in [5.41, 5.74) is 5.13. The maximum Gasteiger partial charge on any atom is 0.270 e. The number of rotatable bonds is 4. The molecular formula is C23H17N5O3. The van der Waals surface area contributed by atoms with Crippen molar-refractivity contribution in [3.8, 4) is 0 Å². The second-order valence-electron chi connectivity index (χ2n) is 7.24. The van der Waals surface area contributed by atoms with Crippen molar-refractivity contribution in [2.24, 2.45) is 0 Å². The quantitative estimate of drug-likeness (QED) is 0.256. The van der Waals surface area contributed by atoms with Crippen molar-refractivity contribution in [1.82, 2.24) is 9.97 Å². The number of carbonyl (C=O) groups excluding carboxylic acids is 1. The Bertz CT molecular complexity index is 1390. The summed E-state index contributed by atoms with van der Waals surface area (Å²) in [7, 11) is 0. The first-order valence-electron chi connectivity index (χ1n) is 9.63. The van der Waals surface area contributed by atoms with E-state index < -0.39 is 4.92 Å². The minimum Gasteiger partial charge on any atom is -0.354 e. The van der Waals surface area contributed by atoms with Crippen LogP contribution in [-0.2, 0) is 4.79 Å². The molecule has 8 nitrogen and oxygen atoms in total. The Kier molecular flexibility index (Phi) is 4.25. The molecule has 1 amide bonds. The smallest absolute Gasteiger partial charge is 0.270 e. The second kappa shape index (κ2) is 7.10. The number of anilines is 2. The molecule has 0 spiro atoms. The number of H-pyrrole nitrogens is 1. The molecular weight excluding hydrogens is 394 g/mol. The first kappa shape index (κ1) is 18.6. The van der Waals surface area contributed by atoms with Crippen molar-refractivity contribution in [2.45, 2.75) is 6.92 Å². The van der Waals surface area contributed by atoms with Crippen molar-refractivity contribution >= 4 is 45.3 Å². The molecule has 0 saturated heterocycles. The number of hydrogen-bond donors (Lipinski definition) is 3. The van der Waals surface area contributed by atoms with Gasteiger partial charge in [0.25, 0.3) is 11.6 Å². The van der Waals surface area contributed by atoms with Crippen LogP contribution >= 0.6 is 0 Å². The van der Waals surface area contributed by atoms with Gasteiger partial charge in [0.2, 0.25) is 0 Å². The van der Waals surface area contributed by atoms with Gasteiger partial charge in [0, 0.05) is 29.1 Å². The van der Waals surface area contributed by atoms with Crippen molar-refractivity contribution in [3.63, 3.8) is 0 Å². The number of aromatic nitrogens is 2. The van der Waals surface area contributed by atoms with Crippen LogP contribution in [0.15, 0.2) is 66.7 Å². The number of aryl methyl sites for hydroxylation is 1. The molecule has 0 atom stereocenters. The summed E-state index contributed by atoms with van der Waals surface area (Å²) in [6.45, 7) is 1.89. The minimum atomic E-state index is -0.467. The van der Waals surface area contributed by atoms with Gasteiger partial charge in [0.1, 0.15) is 5.82 Å². The summed E-state index contributed by atoms with van der Waals surface area (Å²) >= 11 is 0. The van der Waals surface area contributed by atoms with Crippen molar-refractivity contribution in [3.05, 3.63) is 93.8 Å². The fourth-order valence-corrected chi connectivity index (χ4v) is 3.76. The number of non-ortho nitro benzene ring substituents is 1. The van der Waals surface area contributed by atoms with Crippen LogP contribution in [0.1, 0.15) is 17.0 Å². The van der Waals surface area contributed by atoms with E-state index in [-0.39, 0.29) is 11.6 Å². The molecule has 0 radical (unpaired) electrons. The summed E-state index contributed by atoms with van der Waals surface area (Å²) in [6, 6.07) is 19.5. The number of benzene rings is 3. The van der Waals surface area contributed by atoms with Gasteiger partial charge in [-0.2, -0.15) is 0 Å². The monoisotopic (exact) mass is 411 g/mol. The maximum atomic E-state index is 12.9. The van der Waals surface area contributed by atoms with E-state index in [0.29, 0.717) is 22.5 Å². The van der Waals surface area contributed by atoms with E-state index in [0.717, 1.165) is 28.1 Å². The van der Waals surface area contributed by atoms with Crippen LogP contribution in [0.5, 0.6) is 0 Å². The first-order chi connectivity index (χ1) is 15.0. The van der Waals surface area contributed by atoms with E-state index in [1.54, 1.807) is 6.07 Å². The highest BCUT2D eigenvalue weighted by molar-refractivity contribution is 6.37. The first-order valence-corrected chi connectivity index (χ1v) is 9.63. The van der Waals surface area contributed by atoms with Gasteiger partial charge in [0.05, 0.1) is 27.2 Å². The SMILES string of the molecule is Cc1nc2ccc(NC(=C3C(=O)Nc4ccc([N+](=O)[O-])cc43)c3ccccc3)cc2[nH]1. The molecule has 2 heterocycles. The van der Waals surface area contributed by atoms with E-state index in [9.17, 15) is 14.9 Å². The number of carbonyl (C=O) groups is 1. The molecule has 1 aliphatic heterocycles. The summed E-state index contributed by atoms with van der Waals surface area (Å²) in [4.78, 5) is 31.4. The fraction of sp³-hybridized carbons (Fsp3) is 0.0435. The van der Waals surface area contributed by atoms with Crippen LogP contribution in [0, 0.1) is 17.0 Å². The summed E-state index contributed by atoms with van der Waals surface area (Å²) in [5.74, 6) is 0.491. The Balaban J connectivity index is 1.70. The summed E-state index contributed by atoms with van der Waals surface area (Å²) < 4.78 is 0. The second-order valence-corrected chi connectivity index (χ2v) is 7.24. The van der Waals surface area contributed by atoms with Crippen molar-refractivity contribution in [2.75, 3.05) is 10.6 Å². The summed E-state index contributed by atoms with van der Waals surface area (Å²) in [5, 5.41) is 17.5. The number of nitro groups is 1. The number of amides is 1. The lowest BCUT2D eigenvalue weighted by Gasteiger charge is -2.15. The standard InChI is InChI=1S/C23H17N5O3/c1-13-24-19-9-7-15(11-20(19)25-13)26-22(14-5-3-2-4-6-14)21-17-12-16(28(30)31)8-10-18(17)27-23(21)29/h2-12,26H,1H3,(H,24,25)(H,27,29). The maximum absolute atomic E-state index is 12.9. The predicted molar refractivity (Wildman–Crippen MR) is 119 cm³/mol. The Morgan fingerprint density at radius 2 is 1.87 bits per heavy atom. The van der Waals surface area contributed by atoms with Gasteiger partial charge < -0.3 is 15.6 Å². The van der Waals surface area contributed by atoms with E-state index in [2.05, 4.69) is 20.6 Å². The molecule has 3 N–H and O–H groups in total. The van der Waals surface area contributed by atoms with Gasteiger partial charge in [0.15, 0.2) is 0 Å². The minimum absolute atomic E-state index is 0.0745. The van der Waals surface area contributed by atoms with E-state index >= 15 is 0 Å². The van der Waals surface area contributed by atoms with Gasteiger partial charge in [-0.25, -0.2) is 4.98 Å². The van der Waals surface area contributed by atoms with E-state index in [1.165, 1.54) is 12.1 Å². The third kappa shape index (κ3) is 3.29. The molecule has 31 heavy (non-hydrogen) atoms. The number of nitrogens with one attached hydrogen (secondary N) is 3. The Hall–Kier alpha value is -4.46. The third-order valence-electron chi connectivity index (χ3n) is 5.14. The molecule has 1 aromatic heterocycles. The average molecular weight is 411 g/mol. The Morgan fingerprint density at radius 1 is 1.06 bits per heavy atom. The normalized spacial score (nSPS) is 14.3. The number of nitro benzene ring substituents is 1. The predicted octanol–water partition coefficient (Wildman–Crippen LogP) is 4.71. The number of imidazole rings is 1. The van der Waals surface area contributed by atoms with Crippen LogP contribution in [0.4, 0.5) is 17.1 Å². The number of nitrogens with zero attached hydrogens (tertiary/aromatic N) is 2. The Labute approximate surface area is 176 Å². The lowest BCUT2D eigenvalue weighted by atomic mass is 9.99. The summed E-state index contributed by atoms with van der Waals surface area (Å²) in [6.07, 6.45) is 0. The molecule has 3 aromatic carbocycles. The van der Waals surface area contributed by atoms with Crippen LogP contribution in [0.3, 0.4) is 0 Å². The molecule has 0 fully saturated rings. The molecule has 152 valence electrons. The average Bonchev–Trinajstić information content (AvgIpc) is 3.29. The van der Waals surface area contributed by atoms with Gasteiger partial charge in [-0.15, -0.1) is 0 Å². The highest BCUT2D eigenvalue weighted by Crippen LogP contribution is 2.39. The van der Waals surface area contributed by atoms with Crippen LogP contribution in [-0.4, -0.2) is 20.8 Å². The van der Waals surface area contributed by atoms with Gasteiger partial charge >= 0.3 is 0 Å². The molecule has 0 saturated carbocycles. The molecule has 0 aliphatic carbocycles. The van der Waals surface area contributed by atoms with Gasteiger partial charge in [-0.1, -0.05) is 30.3 Å². The third-order valence-corrected chi connectivity index (χ3v) is 5.14. The molecule has 0 unspecified atom stereocenters. The zero-order valence-electron chi connectivity index (χ0n) is 16.5. The number of aromatic amines is 1. The highest BCUT2D eigenvalue weighted by atomic mass is 16.6. The van der Waals surface area contributed by atoms with Crippen LogP contribution < -0.4 is 10.6 Å². The van der Waals surface area contributed by atoms with Crippen molar-refractivity contribution < 1.29 is 9.72 Å². The fourth-order valence-electron chi connectivity index (χ4n) is 3.76. The van der Waals surface area contributed by atoms with Crippen LogP contribution in [0.25, 0.3) is 22.3 Å². The van der Waals surface area contributed by atoms with E-state index in [4.69, 9.17) is 0 Å². The van der Waals surface area contributed by atoms with Gasteiger partial charge in [-0.05, 0) is 36.8 Å². The molecule has 4 aromatic rings. The zero-order valence-corrected chi connectivity index (χ0v) is 16.5. The number of hydrogen-bond acceptors (Lipinski definition) is 5. The highest BCUT2D eigenvalue weighted by Gasteiger charge is 2.30. The molecule has 1 aliphatic rings. The lowest BCUT2D eigenvalue weighted by molar-refractivity contribution is -0.384. The van der Waals surface area contributed by atoms with E-state index in [1.807, 2.05) is 55.5 Å². The largest absolute Gasteiger partial charge is 0.354 e.